The number of rotatable bonds is 4. The highest BCUT2D eigenvalue weighted by Gasteiger charge is 2.17. The van der Waals surface area contributed by atoms with Crippen molar-refractivity contribution in [3.8, 4) is 17.0 Å². The lowest BCUT2D eigenvalue weighted by molar-refractivity contribution is -0.136. The lowest BCUT2D eigenvalue weighted by Crippen LogP contribution is -2.01. The number of benzene rings is 2. The molecule has 0 radical (unpaired) electrons. The monoisotopic (exact) mass is 377 g/mol. The van der Waals surface area contributed by atoms with Gasteiger partial charge in [0.1, 0.15) is 0 Å². The van der Waals surface area contributed by atoms with Crippen LogP contribution in [-0.2, 0) is 11.2 Å². The van der Waals surface area contributed by atoms with Crippen LogP contribution in [0.15, 0.2) is 40.9 Å². The Balaban J connectivity index is 2.23. The summed E-state index contributed by atoms with van der Waals surface area (Å²) >= 11 is 3.39. The van der Waals surface area contributed by atoms with Crippen molar-refractivity contribution >= 4 is 32.8 Å². The molecule has 1 aromatic heterocycles. The van der Waals surface area contributed by atoms with E-state index in [0.29, 0.717) is 16.8 Å². The maximum Gasteiger partial charge on any atom is 0.307 e. The van der Waals surface area contributed by atoms with Crippen LogP contribution in [0.2, 0.25) is 0 Å². The smallest absolute Gasteiger partial charge is 0.307 e. The number of carbonyl (C=O) groups is 1. The zero-order valence-corrected chi connectivity index (χ0v) is 13.8. The van der Waals surface area contributed by atoms with Crippen LogP contribution in [0.1, 0.15) is 5.56 Å². The zero-order valence-electron chi connectivity index (χ0n) is 12.2. The van der Waals surface area contributed by atoms with Crippen molar-refractivity contribution in [1.82, 2.24) is 4.98 Å². The number of hydrogen-bond donors (Lipinski definition) is 2. The fourth-order valence-corrected chi connectivity index (χ4v) is 2.98. The van der Waals surface area contributed by atoms with Gasteiger partial charge in [0, 0.05) is 20.9 Å². The SMILES string of the molecule is COc1ccc(-c2[nH]c3ccc(Br)cc3c2CC(=O)O)cc1F. The molecule has 6 heteroatoms. The van der Waals surface area contributed by atoms with Gasteiger partial charge in [-0.15, -0.1) is 0 Å². The van der Waals surface area contributed by atoms with Crippen molar-refractivity contribution in [3.63, 3.8) is 0 Å². The molecule has 2 N–H and O–H groups in total. The van der Waals surface area contributed by atoms with Gasteiger partial charge in [-0.2, -0.15) is 0 Å². The predicted octanol–water partition coefficient (Wildman–Crippen LogP) is 4.37. The summed E-state index contributed by atoms with van der Waals surface area (Å²) < 4.78 is 19.8. The first-order valence-electron chi connectivity index (χ1n) is 6.85. The van der Waals surface area contributed by atoms with Crippen LogP contribution >= 0.6 is 15.9 Å². The Morgan fingerprint density at radius 3 is 2.74 bits per heavy atom. The number of methoxy groups -OCH3 is 1. The van der Waals surface area contributed by atoms with Crippen LogP contribution in [-0.4, -0.2) is 23.2 Å². The Labute approximate surface area is 140 Å². The van der Waals surface area contributed by atoms with Crippen LogP contribution < -0.4 is 4.74 Å². The van der Waals surface area contributed by atoms with E-state index < -0.39 is 11.8 Å². The Bertz CT molecular complexity index is 904. The maximum atomic E-state index is 14.0. The summed E-state index contributed by atoms with van der Waals surface area (Å²) in [5.41, 5.74) is 2.60. The molecule has 23 heavy (non-hydrogen) atoms. The van der Waals surface area contributed by atoms with Crippen molar-refractivity contribution in [3.05, 3.63) is 52.3 Å². The standard InChI is InChI=1S/C17H13BrFNO3/c1-23-15-5-2-9(6-13(15)19)17-12(8-16(21)22)11-7-10(18)3-4-14(11)20-17/h2-7,20H,8H2,1H3,(H,21,22). The highest BCUT2D eigenvalue weighted by atomic mass is 79.9. The molecule has 0 amide bonds. The van der Waals surface area contributed by atoms with Gasteiger partial charge in [-0.05, 0) is 42.0 Å². The molecule has 2 aromatic carbocycles. The third-order valence-electron chi connectivity index (χ3n) is 3.64. The summed E-state index contributed by atoms with van der Waals surface area (Å²) in [7, 11) is 1.40. The lowest BCUT2D eigenvalue weighted by Gasteiger charge is -2.06. The average Bonchev–Trinajstić information content (AvgIpc) is 2.84. The first-order chi connectivity index (χ1) is 11.0. The fraction of sp³-hybridized carbons (Fsp3) is 0.118. The minimum Gasteiger partial charge on any atom is -0.494 e. The second-order valence-corrected chi connectivity index (χ2v) is 6.00. The van der Waals surface area contributed by atoms with Gasteiger partial charge in [0.2, 0.25) is 0 Å². The van der Waals surface area contributed by atoms with Crippen LogP contribution in [0.25, 0.3) is 22.2 Å². The molecule has 0 aliphatic carbocycles. The van der Waals surface area contributed by atoms with Gasteiger partial charge in [-0.1, -0.05) is 15.9 Å². The largest absolute Gasteiger partial charge is 0.494 e. The molecule has 0 unspecified atom stereocenters. The van der Waals surface area contributed by atoms with Crippen LogP contribution in [0.3, 0.4) is 0 Å². The van der Waals surface area contributed by atoms with E-state index in [1.54, 1.807) is 6.07 Å². The molecule has 0 saturated carbocycles. The first-order valence-corrected chi connectivity index (χ1v) is 7.64. The molecule has 0 spiro atoms. The third-order valence-corrected chi connectivity index (χ3v) is 4.13. The zero-order chi connectivity index (χ0) is 16.6. The molecule has 0 fully saturated rings. The minimum atomic E-state index is -0.943. The molecule has 0 atom stereocenters. The van der Waals surface area contributed by atoms with Gasteiger partial charge in [-0.25, -0.2) is 4.39 Å². The van der Waals surface area contributed by atoms with E-state index in [-0.39, 0.29) is 12.2 Å². The van der Waals surface area contributed by atoms with Gasteiger partial charge in [0.15, 0.2) is 11.6 Å². The highest BCUT2D eigenvalue weighted by Crippen LogP contribution is 2.34. The maximum absolute atomic E-state index is 14.0. The van der Waals surface area contributed by atoms with Crippen LogP contribution in [0, 0.1) is 5.82 Å². The lowest BCUT2D eigenvalue weighted by atomic mass is 10.0. The Morgan fingerprint density at radius 1 is 1.30 bits per heavy atom. The fourth-order valence-electron chi connectivity index (χ4n) is 2.62. The first kappa shape index (κ1) is 15.6. The van der Waals surface area contributed by atoms with E-state index in [1.165, 1.54) is 19.2 Å². The second kappa shape index (κ2) is 6.04. The highest BCUT2D eigenvalue weighted by molar-refractivity contribution is 9.10. The molecule has 0 bridgehead atoms. The summed E-state index contributed by atoms with van der Waals surface area (Å²) in [6, 6.07) is 10.1. The van der Waals surface area contributed by atoms with Gasteiger partial charge in [0.05, 0.1) is 19.2 Å². The number of H-pyrrole nitrogens is 1. The van der Waals surface area contributed by atoms with Crippen LogP contribution in [0.4, 0.5) is 4.39 Å². The second-order valence-electron chi connectivity index (χ2n) is 5.09. The van der Waals surface area contributed by atoms with Crippen LogP contribution in [0.5, 0.6) is 5.75 Å². The minimum absolute atomic E-state index is 0.146. The number of aromatic nitrogens is 1. The number of fused-ring (bicyclic) bond motifs is 1. The van der Waals surface area contributed by atoms with E-state index in [1.807, 2.05) is 18.2 Å². The van der Waals surface area contributed by atoms with Gasteiger partial charge >= 0.3 is 5.97 Å². The van der Waals surface area contributed by atoms with Crippen molar-refractivity contribution in [2.24, 2.45) is 0 Å². The third kappa shape index (κ3) is 2.94. The average molecular weight is 378 g/mol. The normalized spacial score (nSPS) is 10.9. The number of carboxylic acid groups (broad SMARTS) is 1. The van der Waals surface area contributed by atoms with Gasteiger partial charge in [-0.3, -0.25) is 4.79 Å². The Morgan fingerprint density at radius 2 is 2.09 bits per heavy atom. The molecular formula is C17H13BrFNO3. The number of ether oxygens (including phenoxy) is 1. The summed E-state index contributed by atoms with van der Waals surface area (Å²) in [6.07, 6.45) is -0.153. The van der Waals surface area contributed by atoms with E-state index in [2.05, 4.69) is 20.9 Å². The number of nitrogens with one attached hydrogen (secondary N) is 1. The van der Waals surface area contributed by atoms with Gasteiger partial charge in [0.25, 0.3) is 0 Å². The van der Waals surface area contributed by atoms with Crippen molar-refractivity contribution in [1.29, 1.82) is 0 Å². The van der Waals surface area contributed by atoms with E-state index in [4.69, 9.17) is 4.74 Å². The summed E-state index contributed by atoms with van der Waals surface area (Å²) in [4.78, 5) is 14.4. The Hall–Kier alpha value is -2.34. The molecule has 118 valence electrons. The van der Waals surface area contributed by atoms with E-state index in [0.717, 1.165) is 15.4 Å². The number of carboxylic acids is 1. The number of halogens is 2. The number of aromatic amines is 1. The van der Waals surface area contributed by atoms with Crippen molar-refractivity contribution in [2.75, 3.05) is 7.11 Å². The number of hydrogen-bond acceptors (Lipinski definition) is 2. The molecule has 0 aliphatic rings. The van der Waals surface area contributed by atoms with E-state index >= 15 is 0 Å². The molecule has 1 heterocycles. The summed E-state index contributed by atoms with van der Waals surface area (Å²) in [5.74, 6) is -1.29. The molecule has 0 aliphatic heterocycles. The summed E-state index contributed by atoms with van der Waals surface area (Å²) in [6.45, 7) is 0. The van der Waals surface area contributed by atoms with Crippen molar-refractivity contribution in [2.45, 2.75) is 6.42 Å². The molecule has 3 aromatic rings. The van der Waals surface area contributed by atoms with E-state index in [9.17, 15) is 14.3 Å². The molecular weight excluding hydrogens is 365 g/mol. The molecule has 3 rings (SSSR count). The number of aliphatic carboxylic acids is 1. The quantitative estimate of drug-likeness (QED) is 0.709. The Kier molecular flexibility index (Phi) is 4.09. The van der Waals surface area contributed by atoms with Gasteiger partial charge < -0.3 is 14.8 Å². The topological polar surface area (TPSA) is 62.3 Å². The predicted molar refractivity (Wildman–Crippen MR) is 89.3 cm³/mol. The molecule has 0 saturated heterocycles. The van der Waals surface area contributed by atoms with Crippen molar-refractivity contribution < 1.29 is 19.0 Å². The molecule has 4 nitrogen and oxygen atoms in total. The summed E-state index contributed by atoms with van der Waals surface area (Å²) in [5, 5.41) is 10.0.